The van der Waals surface area contributed by atoms with Crippen LogP contribution in [0.25, 0.3) is 0 Å². The van der Waals surface area contributed by atoms with Crippen molar-refractivity contribution in [2.75, 3.05) is 40.4 Å². The molecule has 1 aliphatic rings. The average Bonchev–Trinajstić information content (AvgIpc) is 2.42. The summed E-state index contributed by atoms with van der Waals surface area (Å²) in [6, 6.07) is 8.66. The summed E-state index contributed by atoms with van der Waals surface area (Å²) >= 11 is 0. The second-order valence-corrected chi connectivity index (χ2v) is 6.29. The Morgan fingerprint density at radius 2 is 2.15 bits per heavy atom. The molecule has 0 spiro atoms. The molecule has 1 fully saturated rings. The zero-order valence-corrected chi connectivity index (χ0v) is 13.1. The van der Waals surface area contributed by atoms with Gasteiger partial charge in [-0.2, -0.15) is 0 Å². The lowest BCUT2D eigenvalue weighted by Gasteiger charge is -2.40. The Bertz CT molecular complexity index is 408. The van der Waals surface area contributed by atoms with Crippen molar-refractivity contribution < 1.29 is 4.74 Å². The van der Waals surface area contributed by atoms with Gasteiger partial charge in [-0.1, -0.05) is 24.3 Å². The quantitative estimate of drug-likeness (QED) is 0.864. The summed E-state index contributed by atoms with van der Waals surface area (Å²) in [5.41, 5.74) is 3.07. The van der Waals surface area contributed by atoms with Crippen LogP contribution in [0.4, 0.5) is 0 Å². The first-order valence-electron chi connectivity index (χ1n) is 7.61. The number of ether oxygens (including phenoxy) is 1. The number of nitrogens with zero attached hydrogens (tertiary/aromatic N) is 1. The molecule has 1 heterocycles. The van der Waals surface area contributed by atoms with Crippen LogP contribution < -0.4 is 5.32 Å². The summed E-state index contributed by atoms with van der Waals surface area (Å²) in [6.45, 7) is 7.13. The molecule has 1 aromatic carbocycles. The highest BCUT2D eigenvalue weighted by Gasteiger charge is 2.33. The van der Waals surface area contributed by atoms with Crippen molar-refractivity contribution >= 4 is 0 Å². The van der Waals surface area contributed by atoms with Crippen LogP contribution in [-0.4, -0.2) is 45.3 Å². The largest absolute Gasteiger partial charge is 0.381 e. The first-order valence-corrected chi connectivity index (χ1v) is 7.61. The second kappa shape index (κ2) is 7.21. The maximum Gasteiger partial charge on any atom is 0.0546 e. The third kappa shape index (κ3) is 4.05. The Labute approximate surface area is 123 Å². The maximum atomic E-state index is 5.75. The smallest absolute Gasteiger partial charge is 0.0546 e. The van der Waals surface area contributed by atoms with Crippen LogP contribution in [0.3, 0.4) is 0 Å². The van der Waals surface area contributed by atoms with Gasteiger partial charge >= 0.3 is 0 Å². The minimum atomic E-state index is 0.268. The lowest BCUT2D eigenvalue weighted by molar-refractivity contribution is -0.0228. The summed E-state index contributed by atoms with van der Waals surface area (Å²) in [5, 5.41) is 3.35. The van der Waals surface area contributed by atoms with Gasteiger partial charge in [-0.25, -0.2) is 0 Å². The fraction of sp³-hybridized carbons (Fsp3) is 0.647. The molecule has 1 unspecified atom stereocenters. The zero-order valence-electron chi connectivity index (χ0n) is 13.1. The number of nitrogens with one attached hydrogen (secondary N) is 1. The van der Waals surface area contributed by atoms with Crippen molar-refractivity contribution in [2.24, 2.45) is 5.41 Å². The molecule has 0 saturated carbocycles. The van der Waals surface area contributed by atoms with E-state index >= 15 is 0 Å². The molecule has 2 rings (SSSR count). The van der Waals surface area contributed by atoms with Gasteiger partial charge in [-0.15, -0.1) is 0 Å². The first-order chi connectivity index (χ1) is 9.65. The summed E-state index contributed by atoms with van der Waals surface area (Å²) in [7, 11) is 4.26. The van der Waals surface area contributed by atoms with E-state index in [0.717, 1.165) is 32.8 Å². The molecular formula is C17H28N2O. The third-order valence-corrected chi connectivity index (χ3v) is 4.26. The lowest BCUT2D eigenvalue weighted by atomic mass is 9.81. The van der Waals surface area contributed by atoms with Crippen LogP contribution in [0.2, 0.25) is 0 Å². The Kier molecular flexibility index (Phi) is 5.58. The molecule has 1 saturated heterocycles. The van der Waals surface area contributed by atoms with Crippen LogP contribution in [0.15, 0.2) is 24.3 Å². The summed E-state index contributed by atoms with van der Waals surface area (Å²) in [5.74, 6) is 0. The minimum Gasteiger partial charge on any atom is -0.381 e. The van der Waals surface area contributed by atoms with Gasteiger partial charge in [0.2, 0.25) is 0 Å². The van der Waals surface area contributed by atoms with Crippen LogP contribution in [0, 0.1) is 12.3 Å². The van der Waals surface area contributed by atoms with E-state index in [2.05, 4.69) is 48.5 Å². The van der Waals surface area contributed by atoms with Crippen LogP contribution in [0.1, 0.15) is 24.0 Å². The van der Waals surface area contributed by atoms with Crippen molar-refractivity contribution in [2.45, 2.75) is 26.3 Å². The molecule has 1 aliphatic heterocycles. The van der Waals surface area contributed by atoms with Crippen LogP contribution in [-0.2, 0) is 11.3 Å². The molecule has 0 amide bonds. The maximum absolute atomic E-state index is 5.75. The molecular weight excluding hydrogens is 248 g/mol. The van der Waals surface area contributed by atoms with Crippen molar-refractivity contribution in [1.29, 1.82) is 0 Å². The van der Waals surface area contributed by atoms with Gasteiger partial charge in [0.05, 0.1) is 6.61 Å². The second-order valence-electron chi connectivity index (χ2n) is 6.29. The Hall–Kier alpha value is -0.900. The van der Waals surface area contributed by atoms with Gasteiger partial charge in [0, 0.05) is 31.7 Å². The molecule has 3 nitrogen and oxygen atoms in total. The molecule has 3 heteroatoms. The normalized spacial score (nSPS) is 23.2. The highest BCUT2D eigenvalue weighted by Crippen LogP contribution is 2.29. The fourth-order valence-electron chi connectivity index (χ4n) is 3.31. The number of benzene rings is 1. The molecule has 0 aromatic heterocycles. The molecule has 20 heavy (non-hydrogen) atoms. The molecule has 0 aliphatic carbocycles. The van der Waals surface area contributed by atoms with E-state index in [-0.39, 0.29) is 5.41 Å². The van der Waals surface area contributed by atoms with E-state index in [0.29, 0.717) is 0 Å². The standard InChI is InChI=1S/C17H28N2O/c1-15-7-4-5-8-16(15)11-19(3)13-17(12-18-2)9-6-10-20-14-17/h4-5,7-8,18H,6,9-14H2,1-3H3. The summed E-state index contributed by atoms with van der Waals surface area (Å²) in [4.78, 5) is 2.44. The minimum absolute atomic E-state index is 0.268. The van der Waals surface area contributed by atoms with Crippen molar-refractivity contribution in [3.05, 3.63) is 35.4 Å². The van der Waals surface area contributed by atoms with Crippen molar-refractivity contribution in [3.63, 3.8) is 0 Å². The zero-order chi connectivity index (χ0) is 14.4. The van der Waals surface area contributed by atoms with Gasteiger partial charge < -0.3 is 15.0 Å². The van der Waals surface area contributed by atoms with E-state index < -0.39 is 0 Å². The van der Waals surface area contributed by atoms with E-state index in [1.807, 2.05) is 7.05 Å². The van der Waals surface area contributed by atoms with E-state index in [4.69, 9.17) is 4.74 Å². The SMILES string of the molecule is CNCC1(CN(C)Cc2ccccc2C)CCCOC1. The topological polar surface area (TPSA) is 24.5 Å². The molecule has 1 aromatic rings. The monoisotopic (exact) mass is 276 g/mol. The molecule has 112 valence electrons. The van der Waals surface area contributed by atoms with Gasteiger partial charge in [-0.05, 0) is 45.0 Å². The lowest BCUT2D eigenvalue weighted by Crippen LogP contribution is -2.47. The predicted octanol–water partition coefficient (Wildman–Crippen LogP) is 2.44. The number of hydrogen-bond donors (Lipinski definition) is 1. The summed E-state index contributed by atoms with van der Waals surface area (Å²) < 4.78 is 5.75. The van der Waals surface area contributed by atoms with E-state index in [1.165, 1.54) is 24.0 Å². The fourth-order valence-corrected chi connectivity index (χ4v) is 3.31. The first kappa shape index (κ1) is 15.5. The Balaban J connectivity index is 1.98. The van der Waals surface area contributed by atoms with Crippen molar-refractivity contribution in [3.8, 4) is 0 Å². The van der Waals surface area contributed by atoms with Crippen LogP contribution in [0.5, 0.6) is 0 Å². The highest BCUT2D eigenvalue weighted by molar-refractivity contribution is 5.25. The van der Waals surface area contributed by atoms with Gasteiger partial charge in [0.1, 0.15) is 0 Å². The number of aryl methyl sites for hydroxylation is 1. The highest BCUT2D eigenvalue weighted by atomic mass is 16.5. The van der Waals surface area contributed by atoms with Gasteiger partial charge in [-0.3, -0.25) is 0 Å². The molecule has 0 radical (unpaired) electrons. The van der Waals surface area contributed by atoms with Crippen molar-refractivity contribution in [1.82, 2.24) is 10.2 Å². The Morgan fingerprint density at radius 3 is 2.80 bits per heavy atom. The molecule has 1 atom stereocenters. The average molecular weight is 276 g/mol. The van der Waals surface area contributed by atoms with E-state index in [9.17, 15) is 0 Å². The number of rotatable bonds is 6. The number of hydrogen-bond acceptors (Lipinski definition) is 3. The molecule has 0 bridgehead atoms. The van der Waals surface area contributed by atoms with Gasteiger partial charge in [0.25, 0.3) is 0 Å². The third-order valence-electron chi connectivity index (χ3n) is 4.26. The summed E-state index contributed by atoms with van der Waals surface area (Å²) in [6.07, 6.45) is 2.44. The van der Waals surface area contributed by atoms with Gasteiger partial charge in [0.15, 0.2) is 0 Å². The van der Waals surface area contributed by atoms with Crippen LogP contribution >= 0.6 is 0 Å². The predicted molar refractivity (Wildman–Crippen MR) is 83.9 cm³/mol. The Morgan fingerprint density at radius 1 is 1.35 bits per heavy atom. The van der Waals surface area contributed by atoms with E-state index in [1.54, 1.807) is 0 Å². The molecule has 1 N–H and O–H groups in total.